The lowest BCUT2D eigenvalue weighted by Gasteiger charge is -2.12. The Balaban J connectivity index is 3.42. The Hall–Kier alpha value is -0.170. The molecule has 86 valence electrons. The average Bonchev–Trinajstić information content (AvgIpc) is 2.08. The van der Waals surface area contributed by atoms with Crippen molar-refractivity contribution in [1.29, 1.82) is 0 Å². The van der Waals surface area contributed by atoms with Crippen LogP contribution in [0, 0.1) is 0 Å². The molecule has 0 unspecified atom stereocenters. The molecule has 0 aliphatic carbocycles. The zero-order chi connectivity index (χ0) is 11.0. The molecule has 0 radical (unpaired) electrons. The standard InChI is InChI=1S/C8H18O5S/c1-4-11-5-6-12-8(2)7-13-14(3,9)10/h8H,4-7H2,1-3H3/t8-/m0/s1. The van der Waals surface area contributed by atoms with Gasteiger partial charge in [-0.15, -0.1) is 0 Å². The maximum atomic E-state index is 10.6. The van der Waals surface area contributed by atoms with Crippen molar-refractivity contribution in [2.24, 2.45) is 0 Å². The second kappa shape index (κ2) is 7.17. The van der Waals surface area contributed by atoms with Gasteiger partial charge in [0.05, 0.1) is 32.2 Å². The zero-order valence-corrected chi connectivity index (χ0v) is 9.67. The lowest BCUT2D eigenvalue weighted by molar-refractivity contribution is -0.00241. The molecule has 0 bridgehead atoms. The minimum Gasteiger partial charge on any atom is -0.379 e. The predicted octanol–water partition coefficient (Wildman–Crippen LogP) is 0.404. The van der Waals surface area contributed by atoms with Crippen LogP contribution in [0.1, 0.15) is 13.8 Å². The van der Waals surface area contributed by atoms with E-state index in [1.807, 2.05) is 6.92 Å². The third-order valence-corrected chi connectivity index (χ3v) is 1.92. The van der Waals surface area contributed by atoms with Gasteiger partial charge in [0.1, 0.15) is 0 Å². The van der Waals surface area contributed by atoms with Gasteiger partial charge in [-0.2, -0.15) is 8.42 Å². The molecule has 1 atom stereocenters. The first kappa shape index (κ1) is 13.8. The third-order valence-electron chi connectivity index (χ3n) is 1.35. The van der Waals surface area contributed by atoms with E-state index in [9.17, 15) is 8.42 Å². The fourth-order valence-corrected chi connectivity index (χ4v) is 1.16. The molecule has 0 aromatic carbocycles. The minimum absolute atomic E-state index is 0.0466. The highest BCUT2D eigenvalue weighted by Crippen LogP contribution is 1.95. The topological polar surface area (TPSA) is 61.8 Å². The van der Waals surface area contributed by atoms with E-state index in [4.69, 9.17) is 9.47 Å². The summed E-state index contributed by atoms with van der Waals surface area (Å²) in [6, 6.07) is 0. The van der Waals surface area contributed by atoms with Crippen LogP contribution in [0.3, 0.4) is 0 Å². The highest BCUT2D eigenvalue weighted by Gasteiger charge is 2.07. The van der Waals surface area contributed by atoms with E-state index >= 15 is 0 Å². The van der Waals surface area contributed by atoms with Gasteiger partial charge in [-0.05, 0) is 13.8 Å². The SMILES string of the molecule is CCOCCO[C@@H](C)COS(C)(=O)=O. The van der Waals surface area contributed by atoms with Crippen molar-refractivity contribution in [3.63, 3.8) is 0 Å². The fraction of sp³-hybridized carbons (Fsp3) is 1.00. The molecule has 0 aromatic rings. The number of rotatable bonds is 8. The van der Waals surface area contributed by atoms with Crippen LogP contribution in [-0.2, 0) is 23.8 Å². The first-order chi connectivity index (χ1) is 6.45. The first-order valence-corrected chi connectivity index (χ1v) is 6.31. The Morgan fingerprint density at radius 3 is 2.43 bits per heavy atom. The molecule has 0 N–H and O–H groups in total. The van der Waals surface area contributed by atoms with Gasteiger partial charge in [-0.3, -0.25) is 4.18 Å². The van der Waals surface area contributed by atoms with E-state index in [2.05, 4.69) is 4.18 Å². The van der Waals surface area contributed by atoms with Crippen molar-refractivity contribution in [1.82, 2.24) is 0 Å². The molecule has 0 saturated heterocycles. The van der Waals surface area contributed by atoms with Crippen molar-refractivity contribution < 1.29 is 22.1 Å². The second-order valence-corrected chi connectivity index (χ2v) is 4.51. The molecule has 6 heteroatoms. The summed E-state index contributed by atoms with van der Waals surface area (Å²) in [6.07, 6.45) is 0.769. The predicted molar refractivity (Wildman–Crippen MR) is 52.7 cm³/mol. The van der Waals surface area contributed by atoms with Crippen LogP contribution in [0.15, 0.2) is 0 Å². The van der Waals surface area contributed by atoms with Gasteiger partial charge in [0, 0.05) is 6.61 Å². The summed E-state index contributed by atoms with van der Waals surface area (Å²) in [4.78, 5) is 0. The fourth-order valence-electron chi connectivity index (χ4n) is 0.720. The molecule has 0 aliphatic rings. The molecule has 0 amide bonds. The summed E-state index contributed by atoms with van der Waals surface area (Å²) in [5, 5.41) is 0. The average molecular weight is 226 g/mol. The molecule has 0 heterocycles. The monoisotopic (exact) mass is 226 g/mol. The third kappa shape index (κ3) is 9.91. The Kier molecular flexibility index (Phi) is 7.08. The second-order valence-electron chi connectivity index (χ2n) is 2.87. The zero-order valence-electron chi connectivity index (χ0n) is 8.86. The number of ether oxygens (including phenoxy) is 2. The van der Waals surface area contributed by atoms with Gasteiger partial charge in [0.15, 0.2) is 0 Å². The van der Waals surface area contributed by atoms with Gasteiger partial charge < -0.3 is 9.47 Å². The van der Waals surface area contributed by atoms with Crippen LogP contribution in [0.4, 0.5) is 0 Å². The van der Waals surface area contributed by atoms with Crippen molar-refractivity contribution in [3.05, 3.63) is 0 Å². The van der Waals surface area contributed by atoms with Crippen LogP contribution >= 0.6 is 0 Å². The van der Waals surface area contributed by atoms with E-state index in [1.54, 1.807) is 6.92 Å². The summed E-state index contributed by atoms with van der Waals surface area (Å²) in [5.41, 5.74) is 0. The molecule has 14 heavy (non-hydrogen) atoms. The van der Waals surface area contributed by atoms with E-state index in [1.165, 1.54) is 0 Å². The molecule has 0 fully saturated rings. The highest BCUT2D eigenvalue weighted by molar-refractivity contribution is 7.85. The number of hydrogen-bond donors (Lipinski definition) is 0. The summed E-state index contributed by atoms with van der Waals surface area (Å²) >= 11 is 0. The van der Waals surface area contributed by atoms with Gasteiger partial charge >= 0.3 is 0 Å². The van der Waals surface area contributed by atoms with E-state index < -0.39 is 10.1 Å². The Bertz CT molecular complexity index is 224. The maximum absolute atomic E-state index is 10.6. The normalized spacial score (nSPS) is 14.2. The quantitative estimate of drug-likeness (QED) is 0.443. The maximum Gasteiger partial charge on any atom is 0.264 e. The van der Waals surface area contributed by atoms with Gasteiger partial charge in [0.25, 0.3) is 10.1 Å². The van der Waals surface area contributed by atoms with Crippen LogP contribution in [0.2, 0.25) is 0 Å². The molecule has 0 spiro atoms. The van der Waals surface area contributed by atoms with E-state index in [0.717, 1.165) is 6.26 Å². The van der Waals surface area contributed by atoms with Gasteiger partial charge in [0.2, 0.25) is 0 Å². The lowest BCUT2D eigenvalue weighted by atomic mass is 10.4. The summed E-state index contributed by atoms with van der Waals surface area (Å²) in [6.45, 7) is 5.30. The van der Waals surface area contributed by atoms with Gasteiger partial charge in [-0.1, -0.05) is 0 Å². The molecule has 0 aromatic heterocycles. The smallest absolute Gasteiger partial charge is 0.264 e. The largest absolute Gasteiger partial charge is 0.379 e. The van der Waals surface area contributed by atoms with Crippen LogP contribution in [0.25, 0.3) is 0 Å². The number of hydrogen-bond acceptors (Lipinski definition) is 5. The van der Waals surface area contributed by atoms with Gasteiger partial charge in [-0.25, -0.2) is 0 Å². The highest BCUT2D eigenvalue weighted by atomic mass is 32.2. The van der Waals surface area contributed by atoms with Crippen molar-refractivity contribution in [2.45, 2.75) is 20.0 Å². The Morgan fingerprint density at radius 1 is 1.29 bits per heavy atom. The van der Waals surface area contributed by atoms with Crippen LogP contribution in [-0.4, -0.2) is 47.2 Å². The van der Waals surface area contributed by atoms with Crippen molar-refractivity contribution >= 4 is 10.1 Å². The minimum atomic E-state index is -3.37. The van der Waals surface area contributed by atoms with Crippen molar-refractivity contribution in [2.75, 3.05) is 32.7 Å². The van der Waals surface area contributed by atoms with Crippen molar-refractivity contribution in [3.8, 4) is 0 Å². The van der Waals surface area contributed by atoms with Crippen LogP contribution in [0.5, 0.6) is 0 Å². The molecule has 0 aliphatic heterocycles. The Labute approximate surface area is 85.5 Å². The van der Waals surface area contributed by atoms with Crippen LogP contribution < -0.4 is 0 Å². The summed E-state index contributed by atoms with van der Waals surface area (Å²) in [5.74, 6) is 0. The molecule has 0 rings (SSSR count). The first-order valence-electron chi connectivity index (χ1n) is 4.49. The summed E-state index contributed by atoms with van der Waals surface area (Å²) < 4.78 is 36.0. The van der Waals surface area contributed by atoms with E-state index in [-0.39, 0.29) is 12.7 Å². The molecule has 0 saturated carbocycles. The molecular formula is C8H18O5S. The van der Waals surface area contributed by atoms with E-state index in [0.29, 0.717) is 19.8 Å². The molecule has 5 nitrogen and oxygen atoms in total. The lowest BCUT2D eigenvalue weighted by Crippen LogP contribution is -2.20. The summed E-state index contributed by atoms with van der Waals surface area (Å²) in [7, 11) is -3.37. The Morgan fingerprint density at radius 2 is 1.93 bits per heavy atom. The molecular weight excluding hydrogens is 208 g/mol.